The van der Waals surface area contributed by atoms with Gasteiger partial charge in [-0.3, -0.25) is 14.5 Å². The second-order valence-corrected chi connectivity index (χ2v) is 9.86. The molecule has 2 aromatic heterocycles. The zero-order chi connectivity index (χ0) is 25.6. The lowest BCUT2D eigenvalue weighted by Gasteiger charge is -2.31. The van der Waals surface area contributed by atoms with E-state index in [2.05, 4.69) is 20.7 Å². The molecule has 1 aliphatic carbocycles. The van der Waals surface area contributed by atoms with Crippen molar-refractivity contribution in [1.29, 1.82) is 0 Å². The molecular formula is C27H28N6O3S. The van der Waals surface area contributed by atoms with Gasteiger partial charge in [-0.15, -0.1) is 21.5 Å². The van der Waals surface area contributed by atoms with E-state index in [-0.39, 0.29) is 24.4 Å². The number of thiophene rings is 1. The van der Waals surface area contributed by atoms with Crippen LogP contribution >= 0.6 is 11.3 Å². The predicted molar refractivity (Wildman–Crippen MR) is 141 cm³/mol. The van der Waals surface area contributed by atoms with E-state index in [0.29, 0.717) is 11.5 Å². The van der Waals surface area contributed by atoms with Crippen molar-refractivity contribution in [2.75, 3.05) is 12.0 Å². The number of aromatic nitrogens is 4. The van der Waals surface area contributed by atoms with Crippen LogP contribution in [0, 0.1) is 0 Å². The Bertz CT molecular complexity index is 1320. The molecule has 0 bridgehead atoms. The Morgan fingerprint density at radius 1 is 1.08 bits per heavy atom. The number of benzene rings is 2. The van der Waals surface area contributed by atoms with Crippen LogP contribution in [0.5, 0.6) is 5.75 Å². The van der Waals surface area contributed by atoms with Crippen LogP contribution in [0.2, 0.25) is 0 Å². The molecule has 1 saturated carbocycles. The molecule has 0 spiro atoms. The Labute approximate surface area is 219 Å². The molecule has 1 fully saturated rings. The molecule has 2 heterocycles. The summed E-state index contributed by atoms with van der Waals surface area (Å²) in [4.78, 5) is 31.1. The van der Waals surface area contributed by atoms with Gasteiger partial charge in [-0.25, -0.2) is 0 Å². The SMILES string of the molecule is COc1ccc(-c2nnn(CC(=O)N(c3ccccc3)[C@H](C(=O)NC3CCCC3)c3cccs3)n2)cc1. The molecule has 0 unspecified atom stereocenters. The third-order valence-electron chi connectivity index (χ3n) is 6.40. The summed E-state index contributed by atoms with van der Waals surface area (Å²) in [6.07, 6.45) is 4.12. The summed E-state index contributed by atoms with van der Waals surface area (Å²) in [7, 11) is 1.60. The van der Waals surface area contributed by atoms with Crippen LogP contribution in [0.4, 0.5) is 5.69 Å². The number of nitrogens with one attached hydrogen (secondary N) is 1. The number of para-hydroxylation sites is 1. The molecule has 2 amide bonds. The second kappa shape index (κ2) is 11.3. The highest BCUT2D eigenvalue weighted by molar-refractivity contribution is 7.10. The van der Waals surface area contributed by atoms with E-state index in [0.717, 1.165) is 41.9 Å². The number of hydrogen-bond donors (Lipinski definition) is 1. The topological polar surface area (TPSA) is 102 Å². The monoisotopic (exact) mass is 516 g/mol. The quantitative estimate of drug-likeness (QED) is 0.357. The van der Waals surface area contributed by atoms with Crippen molar-refractivity contribution in [3.63, 3.8) is 0 Å². The number of nitrogens with zero attached hydrogens (tertiary/aromatic N) is 5. The summed E-state index contributed by atoms with van der Waals surface area (Å²) < 4.78 is 5.20. The molecule has 1 atom stereocenters. The highest BCUT2D eigenvalue weighted by atomic mass is 32.1. The molecule has 0 saturated heterocycles. The lowest BCUT2D eigenvalue weighted by Crippen LogP contribution is -2.47. The summed E-state index contributed by atoms with van der Waals surface area (Å²) >= 11 is 1.45. The fourth-order valence-corrected chi connectivity index (χ4v) is 5.37. The van der Waals surface area contributed by atoms with E-state index in [9.17, 15) is 9.59 Å². The first-order valence-corrected chi connectivity index (χ1v) is 13.1. The van der Waals surface area contributed by atoms with Crippen molar-refractivity contribution in [2.45, 2.75) is 44.3 Å². The van der Waals surface area contributed by atoms with Crippen molar-refractivity contribution in [3.05, 3.63) is 77.0 Å². The Kier molecular flexibility index (Phi) is 7.55. The first kappa shape index (κ1) is 24.6. The minimum Gasteiger partial charge on any atom is -0.497 e. The third kappa shape index (κ3) is 5.69. The lowest BCUT2D eigenvalue weighted by atomic mass is 10.1. The van der Waals surface area contributed by atoms with E-state index in [4.69, 9.17) is 4.74 Å². The lowest BCUT2D eigenvalue weighted by molar-refractivity contribution is -0.127. The number of carbonyl (C=O) groups excluding carboxylic acids is 2. The largest absolute Gasteiger partial charge is 0.497 e. The Hall–Kier alpha value is -4.05. The Balaban J connectivity index is 1.43. The molecule has 0 radical (unpaired) electrons. The molecule has 9 nitrogen and oxygen atoms in total. The Morgan fingerprint density at radius 2 is 1.84 bits per heavy atom. The first-order chi connectivity index (χ1) is 18.1. The minimum absolute atomic E-state index is 0.131. The standard InChI is InChI=1S/C27H28N6O3S/c1-36-22-15-13-19(14-16-22)26-29-31-32(30-26)18-24(34)33(21-10-3-2-4-11-21)25(23-12-7-17-37-23)27(35)28-20-8-5-6-9-20/h2-4,7,10-17,20,25H,5-6,8-9,18H2,1H3,(H,28,35)/t25-/m0/s1. The van der Waals surface area contributed by atoms with Gasteiger partial charge in [0.1, 0.15) is 18.3 Å². The number of ether oxygens (including phenoxy) is 1. The predicted octanol–water partition coefficient (Wildman–Crippen LogP) is 4.24. The number of amides is 2. The van der Waals surface area contributed by atoms with E-state index in [1.165, 1.54) is 16.1 Å². The highest BCUT2D eigenvalue weighted by Gasteiger charge is 2.35. The molecular weight excluding hydrogens is 488 g/mol. The molecule has 2 aromatic carbocycles. The first-order valence-electron chi connectivity index (χ1n) is 12.3. The van der Waals surface area contributed by atoms with E-state index < -0.39 is 6.04 Å². The van der Waals surface area contributed by atoms with Crippen LogP contribution in [0.1, 0.15) is 36.6 Å². The number of anilines is 1. The van der Waals surface area contributed by atoms with Gasteiger partial charge in [-0.05, 0) is 65.9 Å². The fraction of sp³-hybridized carbons (Fsp3) is 0.296. The zero-order valence-electron chi connectivity index (χ0n) is 20.5. The van der Waals surface area contributed by atoms with Crippen molar-refractivity contribution in [1.82, 2.24) is 25.5 Å². The van der Waals surface area contributed by atoms with Crippen LogP contribution < -0.4 is 15.0 Å². The number of tetrazole rings is 1. The average molecular weight is 517 g/mol. The van der Waals surface area contributed by atoms with Crippen LogP contribution in [0.15, 0.2) is 72.1 Å². The molecule has 0 aliphatic heterocycles. The van der Waals surface area contributed by atoms with Crippen molar-refractivity contribution < 1.29 is 14.3 Å². The average Bonchev–Trinajstić information content (AvgIpc) is 3.71. The van der Waals surface area contributed by atoms with Gasteiger partial charge in [0.05, 0.1) is 7.11 Å². The van der Waals surface area contributed by atoms with Crippen LogP contribution in [0.3, 0.4) is 0 Å². The van der Waals surface area contributed by atoms with Gasteiger partial charge >= 0.3 is 0 Å². The molecule has 1 aliphatic rings. The van der Waals surface area contributed by atoms with Gasteiger partial charge in [0.25, 0.3) is 5.91 Å². The number of carbonyl (C=O) groups is 2. The molecule has 5 rings (SSSR count). The van der Waals surface area contributed by atoms with Gasteiger partial charge in [0.15, 0.2) is 0 Å². The van der Waals surface area contributed by atoms with E-state index in [1.54, 1.807) is 12.0 Å². The van der Waals surface area contributed by atoms with Gasteiger partial charge in [-0.2, -0.15) is 4.80 Å². The summed E-state index contributed by atoms with van der Waals surface area (Å²) in [5, 5.41) is 17.7. The maximum absolute atomic E-state index is 13.8. The molecule has 37 heavy (non-hydrogen) atoms. The molecule has 1 N–H and O–H groups in total. The van der Waals surface area contributed by atoms with Gasteiger partial charge in [0.2, 0.25) is 11.7 Å². The van der Waals surface area contributed by atoms with Crippen LogP contribution in [-0.2, 0) is 16.1 Å². The number of methoxy groups -OCH3 is 1. The minimum atomic E-state index is -0.805. The van der Waals surface area contributed by atoms with Crippen molar-refractivity contribution >= 4 is 28.8 Å². The molecule has 10 heteroatoms. The molecule has 4 aromatic rings. The Morgan fingerprint density at radius 3 is 2.51 bits per heavy atom. The maximum Gasteiger partial charge on any atom is 0.251 e. The fourth-order valence-electron chi connectivity index (χ4n) is 4.56. The van der Waals surface area contributed by atoms with Crippen LogP contribution in [0.25, 0.3) is 11.4 Å². The highest BCUT2D eigenvalue weighted by Crippen LogP contribution is 2.32. The number of hydrogen-bond acceptors (Lipinski definition) is 7. The third-order valence-corrected chi connectivity index (χ3v) is 7.33. The maximum atomic E-state index is 13.8. The van der Waals surface area contributed by atoms with E-state index >= 15 is 0 Å². The summed E-state index contributed by atoms with van der Waals surface area (Å²) in [6, 6.07) is 19.6. The van der Waals surface area contributed by atoms with Crippen molar-refractivity contribution in [3.8, 4) is 17.1 Å². The van der Waals surface area contributed by atoms with Crippen molar-refractivity contribution in [2.24, 2.45) is 0 Å². The summed E-state index contributed by atoms with van der Waals surface area (Å²) in [6.45, 7) is -0.170. The normalized spacial score (nSPS) is 14.3. The van der Waals surface area contributed by atoms with E-state index in [1.807, 2.05) is 72.1 Å². The molecule has 190 valence electrons. The smallest absolute Gasteiger partial charge is 0.251 e. The number of rotatable bonds is 9. The van der Waals surface area contributed by atoms with Gasteiger partial charge in [-0.1, -0.05) is 37.1 Å². The summed E-state index contributed by atoms with van der Waals surface area (Å²) in [5.41, 5.74) is 1.38. The zero-order valence-corrected chi connectivity index (χ0v) is 21.3. The van der Waals surface area contributed by atoms with Gasteiger partial charge in [0, 0.05) is 22.2 Å². The second-order valence-electron chi connectivity index (χ2n) is 8.88. The van der Waals surface area contributed by atoms with Crippen LogP contribution in [-0.4, -0.2) is 45.2 Å². The van der Waals surface area contributed by atoms with Gasteiger partial charge < -0.3 is 10.1 Å². The summed E-state index contributed by atoms with van der Waals surface area (Å²) in [5.74, 6) is 0.623.